The van der Waals surface area contributed by atoms with Crippen molar-refractivity contribution >= 4 is 11.8 Å². The number of hydrogen-bond donors (Lipinski definition) is 3. The molecule has 9 heteroatoms. The third-order valence-corrected chi connectivity index (χ3v) is 5.44. The van der Waals surface area contributed by atoms with Crippen LogP contribution in [0.2, 0.25) is 0 Å². The first kappa shape index (κ1) is 21.9. The fraction of sp³-hybridized carbons (Fsp3) is 0.476. The van der Waals surface area contributed by atoms with Gasteiger partial charge in [0.2, 0.25) is 11.8 Å². The van der Waals surface area contributed by atoms with Gasteiger partial charge in [0.1, 0.15) is 17.5 Å². The van der Waals surface area contributed by atoms with Gasteiger partial charge < -0.3 is 20.9 Å². The largest absolute Gasteiger partial charge is 0.345 e. The highest BCUT2D eigenvalue weighted by Gasteiger charge is 2.27. The normalized spacial score (nSPS) is 18.7. The number of amides is 2. The summed E-state index contributed by atoms with van der Waals surface area (Å²) < 4.78 is 27.0. The smallest absolute Gasteiger partial charge is 0.238 e. The number of nitrogens with one attached hydrogen (secondary N) is 2. The second kappa shape index (κ2) is 9.34. The molecule has 2 aromatic rings. The molecule has 1 aromatic carbocycles. The van der Waals surface area contributed by atoms with Gasteiger partial charge in [0.25, 0.3) is 0 Å². The van der Waals surface area contributed by atoms with Gasteiger partial charge in [-0.25, -0.2) is 13.8 Å². The minimum Gasteiger partial charge on any atom is -0.345 e. The molecular weight excluding hydrogens is 392 g/mol. The van der Waals surface area contributed by atoms with E-state index in [9.17, 15) is 18.4 Å². The van der Waals surface area contributed by atoms with Crippen molar-refractivity contribution in [1.29, 1.82) is 0 Å². The van der Waals surface area contributed by atoms with Crippen LogP contribution >= 0.6 is 0 Å². The zero-order valence-electron chi connectivity index (χ0n) is 17.1. The predicted octanol–water partition coefficient (Wildman–Crippen LogP) is 2.65. The Morgan fingerprint density at radius 2 is 2.13 bits per heavy atom. The summed E-state index contributed by atoms with van der Waals surface area (Å²) in [7, 11) is 0. The molecular formula is C21H27F2N5O2. The fourth-order valence-corrected chi connectivity index (χ4v) is 3.66. The van der Waals surface area contributed by atoms with Crippen molar-refractivity contribution in [1.82, 2.24) is 20.2 Å². The average molecular weight is 419 g/mol. The number of H-pyrrole nitrogens is 1. The van der Waals surface area contributed by atoms with Crippen molar-refractivity contribution < 1.29 is 18.4 Å². The SMILES string of the molecule is CC1CCCCN1C(=O)CC(N)C(=O)N[C@@H](C)c1ncc(-c2ccc(F)cc2F)[nH]1. The molecule has 0 saturated carbocycles. The van der Waals surface area contributed by atoms with E-state index in [1.807, 2.05) is 6.92 Å². The zero-order chi connectivity index (χ0) is 21.8. The van der Waals surface area contributed by atoms with Crippen LogP contribution in [0.1, 0.15) is 51.4 Å². The summed E-state index contributed by atoms with van der Waals surface area (Å²) in [5, 5.41) is 2.72. The predicted molar refractivity (Wildman–Crippen MR) is 108 cm³/mol. The Morgan fingerprint density at radius 3 is 2.83 bits per heavy atom. The lowest BCUT2D eigenvalue weighted by Gasteiger charge is -2.34. The van der Waals surface area contributed by atoms with Gasteiger partial charge >= 0.3 is 0 Å². The number of halogens is 2. The topological polar surface area (TPSA) is 104 Å². The summed E-state index contributed by atoms with van der Waals surface area (Å²) in [6, 6.07) is 1.91. The van der Waals surface area contributed by atoms with Crippen molar-refractivity contribution in [2.75, 3.05) is 6.54 Å². The van der Waals surface area contributed by atoms with Gasteiger partial charge in [-0.3, -0.25) is 9.59 Å². The van der Waals surface area contributed by atoms with Crippen molar-refractivity contribution in [3.05, 3.63) is 41.9 Å². The molecule has 2 unspecified atom stereocenters. The van der Waals surface area contributed by atoms with Crippen LogP contribution in [0.15, 0.2) is 24.4 Å². The molecule has 0 spiro atoms. The molecule has 0 aliphatic carbocycles. The molecule has 162 valence electrons. The highest BCUT2D eigenvalue weighted by atomic mass is 19.1. The number of piperidine rings is 1. The number of aromatic amines is 1. The van der Waals surface area contributed by atoms with Gasteiger partial charge in [-0.15, -0.1) is 0 Å². The second-order valence-electron chi connectivity index (χ2n) is 7.78. The lowest BCUT2D eigenvalue weighted by molar-refractivity contribution is -0.137. The molecule has 0 radical (unpaired) electrons. The number of benzene rings is 1. The Bertz CT molecular complexity index is 917. The van der Waals surface area contributed by atoms with E-state index in [0.29, 0.717) is 18.1 Å². The van der Waals surface area contributed by atoms with Gasteiger partial charge in [0.15, 0.2) is 0 Å². The minimum absolute atomic E-state index is 0.0624. The quantitative estimate of drug-likeness (QED) is 0.670. The first-order valence-corrected chi connectivity index (χ1v) is 10.1. The van der Waals surface area contributed by atoms with Crippen molar-refractivity contribution in [3.8, 4) is 11.3 Å². The van der Waals surface area contributed by atoms with Crippen LogP contribution in [-0.2, 0) is 9.59 Å². The van der Waals surface area contributed by atoms with E-state index in [1.54, 1.807) is 11.8 Å². The highest BCUT2D eigenvalue weighted by molar-refractivity contribution is 5.88. The van der Waals surface area contributed by atoms with Gasteiger partial charge in [-0.05, 0) is 45.2 Å². The maximum Gasteiger partial charge on any atom is 0.238 e. The van der Waals surface area contributed by atoms with Gasteiger partial charge in [0.05, 0.1) is 30.4 Å². The van der Waals surface area contributed by atoms with Crippen LogP contribution in [0.4, 0.5) is 8.78 Å². The van der Waals surface area contributed by atoms with E-state index in [1.165, 1.54) is 12.3 Å². The number of carbonyl (C=O) groups is 2. The molecule has 7 nitrogen and oxygen atoms in total. The number of carbonyl (C=O) groups excluding carboxylic acids is 2. The molecule has 4 N–H and O–H groups in total. The van der Waals surface area contributed by atoms with Crippen molar-refractivity contribution in [2.45, 2.75) is 57.7 Å². The van der Waals surface area contributed by atoms with Crippen LogP contribution in [0.3, 0.4) is 0 Å². The van der Waals surface area contributed by atoms with E-state index in [2.05, 4.69) is 15.3 Å². The van der Waals surface area contributed by atoms with Crippen LogP contribution < -0.4 is 11.1 Å². The molecule has 1 saturated heterocycles. The number of nitrogens with two attached hydrogens (primary N) is 1. The number of likely N-dealkylation sites (tertiary alicyclic amines) is 1. The molecule has 0 bridgehead atoms. The summed E-state index contributed by atoms with van der Waals surface area (Å²) in [6.45, 7) is 4.39. The maximum absolute atomic E-state index is 14.0. The molecule has 1 aliphatic rings. The van der Waals surface area contributed by atoms with Crippen molar-refractivity contribution in [2.24, 2.45) is 5.73 Å². The molecule has 2 heterocycles. The molecule has 30 heavy (non-hydrogen) atoms. The first-order chi connectivity index (χ1) is 14.3. The van der Waals surface area contributed by atoms with E-state index in [4.69, 9.17) is 5.73 Å². The van der Waals surface area contributed by atoms with E-state index in [0.717, 1.165) is 31.4 Å². The lowest BCUT2D eigenvalue weighted by atomic mass is 10.0. The number of rotatable bonds is 6. The van der Waals surface area contributed by atoms with Crippen LogP contribution in [0.5, 0.6) is 0 Å². The standard InChI is InChI=1S/C21H27F2N5O2/c1-12-5-3-4-8-28(12)19(29)10-17(24)21(30)26-13(2)20-25-11-18(27-20)15-7-6-14(22)9-16(15)23/h6-7,9,11-13,17H,3-5,8,10,24H2,1-2H3,(H,25,27)(H,26,30)/t12?,13-,17?/m0/s1. The number of hydrogen-bond acceptors (Lipinski definition) is 4. The fourth-order valence-electron chi connectivity index (χ4n) is 3.66. The summed E-state index contributed by atoms with van der Waals surface area (Å²) in [5.74, 6) is -1.57. The average Bonchev–Trinajstić information content (AvgIpc) is 3.18. The third-order valence-electron chi connectivity index (χ3n) is 5.44. The van der Waals surface area contributed by atoms with E-state index < -0.39 is 29.6 Å². The Labute approximate surface area is 174 Å². The molecule has 1 aromatic heterocycles. The number of aromatic nitrogens is 2. The summed E-state index contributed by atoms with van der Waals surface area (Å²) in [4.78, 5) is 33.8. The van der Waals surface area contributed by atoms with Crippen LogP contribution in [0.25, 0.3) is 11.3 Å². The Hall–Kier alpha value is -2.81. The summed E-state index contributed by atoms with van der Waals surface area (Å²) in [5.41, 5.74) is 6.49. The monoisotopic (exact) mass is 419 g/mol. The van der Waals surface area contributed by atoms with Gasteiger partial charge in [0, 0.05) is 24.2 Å². The molecule has 2 amide bonds. The lowest BCUT2D eigenvalue weighted by Crippen LogP contribution is -2.48. The first-order valence-electron chi connectivity index (χ1n) is 10.1. The summed E-state index contributed by atoms with van der Waals surface area (Å²) >= 11 is 0. The third kappa shape index (κ3) is 5.02. The van der Waals surface area contributed by atoms with E-state index in [-0.39, 0.29) is 23.9 Å². The molecule has 3 rings (SSSR count). The molecule has 1 fully saturated rings. The van der Waals surface area contributed by atoms with Gasteiger partial charge in [-0.2, -0.15) is 0 Å². The van der Waals surface area contributed by atoms with Crippen LogP contribution in [-0.4, -0.2) is 45.3 Å². The molecule has 1 aliphatic heterocycles. The Morgan fingerprint density at radius 1 is 1.37 bits per heavy atom. The van der Waals surface area contributed by atoms with Crippen molar-refractivity contribution in [3.63, 3.8) is 0 Å². The number of nitrogens with zero attached hydrogens (tertiary/aromatic N) is 2. The molecule has 3 atom stereocenters. The summed E-state index contributed by atoms with van der Waals surface area (Å²) in [6.07, 6.45) is 4.37. The zero-order valence-corrected chi connectivity index (χ0v) is 17.1. The maximum atomic E-state index is 14.0. The Kier molecular flexibility index (Phi) is 6.81. The Balaban J connectivity index is 1.58. The minimum atomic E-state index is -0.974. The number of imidazole rings is 1. The highest BCUT2D eigenvalue weighted by Crippen LogP contribution is 2.23. The second-order valence-corrected chi connectivity index (χ2v) is 7.78. The van der Waals surface area contributed by atoms with Gasteiger partial charge in [-0.1, -0.05) is 0 Å². The van der Waals surface area contributed by atoms with E-state index >= 15 is 0 Å². The van der Waals surface area contributed by atoms with Crippen LogP contribution in [0, 0.1) is 11.6 Å².